The number of carbonyl (C=O) groups is 2. The van der Waals surface area contributed by atoms with Gasteiger partial charge in [-0.25, -0.2) is 14.8 Å². The summed E-state index contributed by atoms with van der Waals surface area (Å²) in [4.78, 5) is 30.0. The third-order valence-electron chi connectivity index (χ3n) is 3.82. The summed E-state index contributed by atoms with van der Waals surface area (Å²) in [6.07, 6.45) is 4.55. The minimum absolute atomic E-state index is 0.143. The van der Waals surface area contributed by atoms with Crippen LogP contribution in [0.5, 0.6) is 0 Å². The van der Waals surface area contributed by atoms with Gasteiger partial charge in [-0.15, -0.1) is 0 Å². The van der Waals surface area contributed by atoms with Crippen LogP contribution in [0, 0.1) is 11.3 Å². The van der Waals surface area contributed by atoms with Crippen molar-refractivity contribution in [3.63, 3.8) is 0 Å². The SMILES string of the molecule is CC(C)C1(CNC(=O)c2cnc(C(=O)O)cn2)CC1. The predicted octanol–water partition coefficient (Wildman–Crippen LogP) is 1.34. The lowest BCUT2D eigenvalue weighted by Crippen LogP contribution is -2.33. The van der Waals surface area contributed by atoms with Crippen LogP contribution in [-0.4, -0.2) is 33.5 Å². The Morgan fingerprint density at radius 2 is 1.89 bits per heavy atom. The molecule has 2 N–H and O–H groups in total. The molecular weight excluding hydrogens is 246 g/mol. The molecule has 1 aliphatic carbocycles. The molecule has 1 saturated carbocycles. The van der Waals surface area contributed by atoms with Gasteiger partial charge in [0.05, 0.1) is 12.4 Å². The molecule has 1 amide bonds. The smallest absolute Gasteiger partial charge is 0.356 e. The number of nitrogens with one attached hydrogen (secondary N) is 1. The number of amides is 1. The van der Waals surface area contributed by atoms with Gasteiger partial charge >= 0.3 is 5.97 Å². The molecule has 6 nitrogen and oxygen atoms in total. The maximum Gasteiger partial charge on any atom is 0.356 e. The van der Waals surface area contributed by atoms with Crippen LogP contribution in [0.1, 0.15) is 47.7 Å². The Balaban J connectivity index is 1.95. The van der Waals surface area contributed by atoms with Gasteiger partial charge in [0.2, 0.25) is 0 Å². The molecule has 0 unspecified atom stereocenters. The molecule has 0 spiro atoms. The van der Waals surface area contributed by atoms with E-state index in [0.29, 0.717) is 12.5 Å². The Labute approximate surface area is 111 Å². The van der Waals surface area contributed by atoms with Crippen molar-refractivity contribution in [2.24, 2.45) is 11.3 Å². The molecule has 102 valence electrons. The molecular formula is C13H17N3O3. The van der Waals surface area contributed by atoms with E-state index in [9.17, 15) is 9.59 Å². The maximum absolute atomic E-state index is 11.9. The molecule has 0 aliphatic heterocycles. The highest BCUT2D eigenvalue weighted by Gasteiger charge is 2.45. The van der Waals surface area contributed by atoms with E-state index < -0.39 is 5.97 Å². The van der Waals surface area contributed by atoms with Crippen LogP contribution in [0.2, 0.25) is 0 Å². The van der Waals surface area contributed by atoms with Crippen LogP contribution >= 0.6 is 0 Å². The molecule has 0 saturated heterocycles. The average molecular weight is 263 g/mol. The van der Waals surface area contributed by atoms with Crippen molar-refractivity contribution in [2.75, 3.05) is 6.54 Å². The summed E-state index contributed by atoms with van der Waals surface area (Å²) in [6, 6.07) is 0. The lowest BCUT2D eigenvalue weighted by Gasteiger charge is -2.19. The normalized spacial score (nSPS) is 16.2. The fraction of sp³-hybridized carbons (Fsp3) is 0.538. The predicted molar refractivity (Wildman–Crippen MR) is 67.8 cm³/mol. The van der Waals surface area contributed by atoms with Crippen LogP contribution in [-0.2, 0) is 0 Å². The van der Waals surface area contributed by atoms with Crippen molar-refractivity contribution >= 4 is 11.9 Å². The minimum atomic E-state index is -1.16. The number of carboxylic acids is 1. The zero-order chi connectivity index (χ0) is 14.0. The largest absolute Gasteiger partial charge is 0.476 e. The molecule has 1 heterocycles. The summed E-state index contributed by atoms with van der Waals surface area (Å²) in [5.41, 5.74) is 0.200. The number of nitrogens with zero attached hydrogens (tertiary/aromatic N) is 2. The van der Waals surface area contributed by atoms with Gasteiger partial charge in [-0.3, -0.25) is 4.79 Å². The number of carbonyl (C=O) groups excluding carboxylic acids is 1. The standard InChI is InChI=1S/C13H17N3O3/c1-8(2)13(3-4-13)7-16-11(17)9-5-15-10(6-14-9)12(18)19/h5-6,8H,3-4,7H2,1-2H3,(H,16,17)(H,18,19). The number of rotatable bonds is 5. The first-order valence-electron chi connectivity index (χ1n) is 6.28. The molecule has 0 aromatic carbocycles. The molecule has 6 heteroatoms. The minimum Gasteiger partial charge on any atom is -0.476 e. The molecule has 1 aliphatic rings. The first-order valence-corrected chi connectivity index (χ1v) is 6.28. The topological polar surface area (TPSA) is 92.2 Å². The van der Waals surface area contributed by atoms with Crippen molar-refractivity contribution in [2.45, 2.75) is 26.7 Å². The van der Waals surface area contributed by atoms with E-state index in [2.05, 4.69) is 29.1 Å². The van der Waals surface area contributed by atoms with E-state index in [1.165, 1.54) is 6.20 Å². The van der Waals surface area contributed by atoms with E-state index in [1.807, 2.05) is 0 Å². The highest BCUT2D eigenvalue weighted by molar-refractivity contribution is 5.92. The van der Waals surface area contributed by atoms with Gasteiger partial charge in [0, 0.05) is 6.54 Å². The zero-order valence-electron chi connectivity index (χ0n) is 11.0. The Morgan fingerprint density at radius 1 is 1.32 bits per heavy atom. The summed E-state index contributed by atoms with van der Waals surface area (Å²) < 4.78 is 0. The van der Waals surface area contributed by atoms with Crippen LogP contribution in [0.4, 0.5) is 0 Å². The van der Waals surface area contributed by atoms with Gasteiger partial charge in [0.1, 0.15) is 5.69 Å². The number of aromatic nitrogens is 2. The van der Waals surface area contributed by atoms with Crippen LogP contribution in [0.25, 0.3) is 0 Å². The average Bonchev–Trinajstić information content (AvgIpc) is 3.17. The number of hydrogen-bond donors (Lipinski definition) is 2. The number of hydrogen-bond acceptors (Lipinski definition) is 4. The second-order valence-electron chi connectivity index (χ2n) is 5.29. The lowest BCUT2D eigenvalue weighted by molar-refractivity contribution is 0.0689. The summed E-state index contributed by atoms with van der Waals surface area (Å²) in [6.45, 7) is 4.94. The van der Waals surface area contributed by atoms with Gasteiger partial charge in [-0.1, -0.05) is 13.8 Å². The van der Waals surface area contributed by atoms with E-state index >= 15 is 0 Å². The van der Waals surface area contributed by atoms with E-state index in [-0.39, 0.29) is 22.7 Å². The molecule has 0 bridgehead atoms. The molecule has 1 aromatic rings. The summed E-state index contributed by atoms with van der Waals surface area (Å²) in [5, 5.41) is 11.5. The summed E-state index contributed by atoms with van der Waals surface area (Å²) in [7, 11) is 0. The number of aromatic carboxylic acids is 1. The Bertz CT molecular complexity index is 492. The number of carboxylic acid groups (broad SMARTS) is 1. The Kier molecular flexibility index (Phi) is 3.50. The lowest BCUT2D eigenvalue weighted by atomic mass is 9.92. The van der Waals surface area contributed by atoms with Gasteiger partial charge in [0.25, 0.3) is 5.91 Å². The highest BCUT2D eigenvalue weighted by atomic mass is 16.4. The van der Waals surface area contributed by atoms with Crippen molar-refractivity contribution < 1.29 is 14.7 Å². The zero-order valence-corrected chi connectivity index (χ0v) is 11.0. The van der Waals surface area contributed by atoms with E-state index in [0.717, 1.165) is 19.0 Å². The summed E-state index contributed by atoms with van der Waals surface area (Å²) >= 11 is 0. The summed E-state index contributed by atoms with van der Waals surface area (Å²) in [5.74, 6) is -0.930. The van der Waals surface area contributed by atoms with Crippen molar-refractivity contribution in [3.8, 4) is 0 Å². The fourth-order valence-corrected chi connectivity index (χ4v) is 2.02. The second kappa shape index (κ2) is 4.95. The first-order chi connectivity index (χ1) is 8.94. The molecule has 2 rings (SSSR count). The van der Waals surface area contributed by atoms with E-state index in [1.54, 1.807) is 0 Å². The molecule has 0 atom stereocenters. The highest BCUT2D eigenvalue weighted by Crippen LogP contribution is 2.51. The first kappa shape index (κ1) is 13.5. The van der Waals surface area contributed by atoms with Crippen LogP contribution < -0.4 is 5.32 Å². The maximum atomic E-state index is 11.9. The monoisotopic (exact) mass is 263 g/mol. The second-order valence-corrected chi connectivity index (χ2v) is 5.29. The van der Waals surface area contributed by atoms with Gasteiger partial charge in [0.15, 0.2) is 5.69 Å². The van der Waals surface area contributed by atoms with Crippen LogP contribution in [0.3, 0.4) is 0 Å². The third-order valence-corrected chi connectivity index (χ3v) is 3.82. The van der Waals surface area contributed by atoms with Crippen molar-refractivity contribution in [1.82, 2.24) is 15.3 Å². The van der Waals surface area contributed by atoms with Gasteiger partial charge in [-0.2, -0.15) is 0 Å². The Hall–Kier alpha value is -1.98. The van der Waals surface area contributed by atoms with Crippen molar-refractivity contribution in [1.29, 1.82) is 0 Å². The molecule has 1 fully saturated rings. The van der Waals surface area contributed by atoms with Gasteiger partial charge < -0.3 is 10.4 Å². The van der Waals surface area contributed by atoms with Gasteiger partial charge in [-0.05, 0) is 24.2 Å². The quantitative estimate of drug-likeness (QED) is 0.836. The molecule has 1 aromatic heterocycles. The molecule has 19 heavy (non-hydrogen) atoms. The third kappa shape index (κ3) is 2.89. The van der Waals surface area contributed by atoms with E-state index in [4.69, 9.17) is 5.11 Å². The Morgan fingerprint density at radius 3 is 2.32 bits per heavy atom. The fourth-order valence-electron chi connectivity index (χ4n) is 2.02. The van der Waals surface area contributed by atoms with Crippen molar-refractivity contribution in [3.05, 3.63) is 23.8 Å². The van der Waals surface area contributed by atoms with Crippen LogP contribution in [0.15, 0.2) is 12.4 Å². The molecule has 0 radical (unpaired) electrons.